The molecule has 2 saturated carbocycles. The Morgan fingerprint density at radius 3 is 2.31 bits per heavy atom. The average Bonchev–Trinajstić information content (AvgIpc) is 2.27. The number of fused-ring (bicyclic) bond motifs is 1. The molecule has 0 spiro atoms. The van der Waals surface area contributed by atoms with E-state index in [1.54, 1.807) is 4.90 Å². The van der Waals surface area contributed by atoms with Gasteiger partial charge in [-0.3, -0.25) is 0 Å². The van der Waals surface area contributed by atoms with E-state index in [-0.39, 0.29) is 5.48 Å². The molecule has 0 saturated heterocycles. The standard InChI is InChI=1S/C14H27N.H2O/c1-4-11-9-10-12-7-5-6-8-13(12)14(11)15(2)3;/h11-14H,4-10H2,1-3H3;1H2. The largest absolute Gasteiger partial charge is 0.870 e. The Balaban J connectivity index is 0.00000128. The summed E-state index contributed by atoms with van der Waals surface area (Å²) in [6, 6.07) is 0.967. The third-order valence-electron chi connectivity index (χ3n) is 5.04. The Morgan fingerprint density at radius 2 is 1.69 bits per heavy atom. The Kier molecular flexibility index (Phi) is 5.26. The summed E-state index contributed by atoms with van der Waals surface area (Å²) in [5, 5.41) is 0. The molecule has 2 aliphatic carbocycles. The van der Waals surface area contributed by atoms with Crippen LogP contribution in [0.5, 0.6) is 0 Å². The molecule has 96 valence electrons. The molecular weight excluding hydrogens is 198 g/mol. The van der Waals surface area contributed by atoms with Crippen molar-refractivity contribution >= 4 is 0 Å². The first-order valence-electron chi connectivity index (χ1n) is 7.04. The van der Waals surface area contributed by atoms with Gasteiger partial charge in [-0.1, -0.05) is 19.8 Å². The van der Waals surface area contributed by atoms with Gasteiger partial charge in [-0.15, -0.1) is 0 Å². The van der Waals surface area contributed by atoms with Crippen LogP contribution in [-0.4, -0.2) is 25.6 Å². The third-order valence-corrected chi connectivity index (χ3v) is 5.04. The normalized spacial score (nSPS) is 39.0. The highest BCUT2D eigenvalue weighted by molar-refractivity contribution is 4.89. The van der Waals surface area contributed by atoms with Crippen molar-refractivity contribution in [2.24, 2.45) is 17.8 Å². The molecule has 16 heavy (non-hydrogen) atoms. The van der Waals surface area contributed by atoms with Crippen molar-refractivity contribution in [2.75, 3.05) is 14.1 Å². The molecule has 2 nitrogen and oxygen atoms in total. The number of nitrogens with one attached hydrogen (secondary N) is 1. The van der Waals surface area contributed by atoms with Gasteiger partial charge in [-0.2, -0.15) is 0 Å². The minimum atomic E-state index is 0. The first kappa shape index (κ1) is 14.0. The molecule has 0 aromatic carbocycles. The fourth-order valence-corrected chi connectivity index (χ4v) is 4.38. The number of quaternary nitrogens is 1. The molecule has 0 bridgehead atoms. The molecule has 0 aromatic heterocycles. The summed E-state index contributed by atoms with van der Waals surface area (Å²) in [6.07, 6.45) is 10.5. The number of hydrogen-bond acceptors (Lipinski definition) is 1. The first-order chi connectivity index (χ1) is 7.24. The molecule has 0 amide bonds. The van der Waals surface area contributed by atoms with Crippen molar-refractivity contribution in [3.05, 3.63) is 0 Å². The van der Waals surface area contributed by atoms with Gasteiger partial charge in [0.2, 0.25) is 0 Å². The van der Waals surface area contributed by atoms with Crippen LogP contribution in [0.3, 0.4) is 0 Å². The number of hydrogen-bond donors (Lipinski definition) is 1. The van der Waals surface area contributed by atoms with Crippen molar-refractivity contribution in [1.82, 2.24) is 0 Å². The molecule has 2 N–H and O–H groups in total. The van der Waals surface area contributed by atoms with Crippen LogP contribution in [0.4, 0.5) is 0 Å². The second-order valence-corrected chi connectivity index (χ2v) is 6.06. The Bertz CT molecular complexity index is 205. The van der Waals surface area contributed by atoms with Gasteiger partial charge in [0.1, 0.15) is 0 Å². The molecule has 2 fully saturated rings. The Morgan fingerprint density at radius 1 is 1.00 bits per heavy atom. The predicted octanol–water partition coefficient (Wildman–Crippen LogP) is 1.95. The highest BCUT2D eigenvalue weighted by Crippen LogP contribution is 2.42. The van der Waals surface area contributed by atoms with Crippen LogP contribution in [0.15, 0.2) is 0 Å². The van der Waals surface area contributed by atoms with Gasteiger partial charge in [0.05, 0.1) is 20.1 Å². The molecule has 0 heterocycles. The average molecular weight is 227 g/mol. The van der Waals surface area contributed by atoms with Gasteiger partial charge in [-0.05, 0) is 38.0 Å². The highest BCUT2D eigenvalue weighted by atomic mass is 16.0. The summed E-state index contributed by atoms with van der Waals surface area (Å²) in [5.74, 6) is 3.15. The van der Waals surface area contributed by atoms with Crippen LogP contribution in [0.2, 0.25) is 0 Å². The minimum Gasteiger partial charge on any atom is -0.870 e. The van der Waals surface area contributed by atoms with Crippen molar-refractivity contribution in [2.45, 2.75) is 57.9 Å². The maximum absolute atomic E-state index is 2.39. The molecule has 0 aliphatic heterocycles. The topological polar surface area (TPSA) is 34.4 Å². The van der Waals surface area contributed by atoms with Crippen molar-refractivity contribution in [3.8, 4) is 0 Å². The van der Waals surface area contributed by atoms with Gasteiger partial charge >= 0.3 is 0 Å². The van der Waals surface area contributed by atoms with Gasteiger partial charge < -0.3 is 10.4 Å². The highest BCUT2D eigenvalue weighted by Gasteiger charge is 2.42. The molecule has 2 heteroatoms. The molecule has 4 unspecified atom stereocenters. The lowest BCUT2D eigenvalue weighted by molar-refractivity contribution is -0.896. The smallest absolute Gasteiger partial charge is 0.0930 e. The zero-order chi connectivity index (χ0) is 10.8. The molecule has 2 aliphatic rings. The van der Waals surface area contributed by atoms with E-state index in [0.29, 0.717) is 0 Å². The summed E-state index contributed by atoms with van der Waals surface area (Å²) in [5.41, 5.74) is 0. The summed E-state index contributed by atoms with van der Waals surface area (Å²) >= 11 is 0. The quantitative estimate of drug-likeness (QED) is 0.769. The van der Waals surface area contributed by atoms with Gasteiger partial charge in [0.25, 0.3) is 0 Å². The second-order valence-electron chi connectivity index (χ2n) is 6.06. The van der Waals surface area contributed by atoms with Crippen LogP contribution in [-0.2, 0) is 0 Å². The predicted molar refractivity (Wildman–Crippen MR) is 67.0 cm³/mol. The second kappa shape index (κ2) is 6.02. The van der Waals surface area contributed by atoms with E-state index < -0.39 is 0 Å². The summed E-state index contributed by atoms with van der Waals surface area (Å²) < 4.78 is 0. The lowest BCUT2D eigenvalue weighted by Crippen LogP contribution is -3.12. The summed E-state index contributed by atoms with van der Waals surface area (Å²) in [6.45, 7) is 2.39. The van der Waals surface area contributed by atoms with Crippen molar-refractivity contribution < 1.29 is 10.4 Å². The van der Waals surface area contributed by atoms with Gasteiger partial charge in [0, 0.05) is 11.8 Å². The molecular formula is C14H29NO. The SMILES string of the molecule is CCC1CCC2CCCCC2C1[NH+](C)C.[OH-]. The Labute approximate surface area is 101 Å². The van der Waals surface area contributed by atoms with E-state index >= 15 is 0 Å². The maximum atomic E-state index is 2.39. The lowest BCUT2D eigenvalue weighted by atomic mass is 9.64. The van der Waals surface area contributed by atoms with Crippen LogP contribution in [0.1, 0.15) is 51.9 Å². The summed E-state index contributed by atoms with van der Waals surface area (Å²) in [4.78, 5) is 1.72. The lowest BCUT2D eigenvalue weighted by Gasteiger charge is -2.46. The van der Waals surface area contributed by atoms with E-state index in [0.717, 1.165) is 23.8 Å². The van der Waals surface area contributed by atoms with Gasteiger partial charge in [0.15, 0.2) is 0 Å². The fourth-order valence-electron chi connectivity index (χ4n) is 4.38. The Hall–Kier alpha value is -0.0800. The van der Waals surface area contributed by atoms with Crippen LogP contribution >= 0.6 is 0 Å². The third kappa shape index (κ3) is 2.60. The van der Waals surface area contributed by atoms with Crippen LogP contribution in [0.25, 0.3) is 0 Å². The zero-order valence-corrected chi connectivity index (χ0v) is 11.2. The number of rotatable bonds is 2. The zero-order valence-electron chi connectivity index (χ0n) is 11.2. The minimum absolute atomic E-state index is 0. The van der Waals surface area contributed by atoms with E-state index in [1.165, 1.54) is 44.9 Å². The van der Waals surface area contributed by atoms with Gasteiger partial charge in [-0.25, -0.2) is 0 Å². The molecule has 4 atom stereocenters. The van der Waals surface area contributed by atoms with E-state index in [2.05, 4.69) is 21.0 Å². The maximum Gasteiger partial charge on any atom is 0.0930 e. The van der Waals surface area contributed by atoms with E-state index in [1.807, 2.05) is 0 Å². The van der Waals surface area contributed by atoms with E-state index in [4.69, 9.17) is 0 Å². The molecule has 2 rings (SSSR count). The fraction of sp³-hybridized carbons (Fsp3) is 1.00. The van der Waals surface area contributed by atoms with Crippen LogP contribution in [0, 0.1) is 17.8 Å². The molecule has 0 aromatic rings. The first-order valence-corrected chi connectivity index (χ1v) is 7.04. The van der Waals surface area contributed by atoms with Crippen molar-refractivity contribution in [1.29, 1.82) is 0 Å². The monoisotopic (exact) mass is 227 g/mol. The van der Waals surface area contributed by atoms with Crippen LogP contribution < -0.4 is 4.90 Å². The summed E-state index contributed by atoms with van der Waals surface area (Å²) in [7, 11) is 4.76. The van der Waals surface area contributed by atoms with E-state index in [9.17, 15) is 0 Å². The molecule has 0 radical (unpaired) electrons. The van der Waals surface area contributed by atoms with Crippen molar-refractivity contribution in [3.63, 3.8) is 0 Å².